The van der Waals surface area contributed by atoms with Crippen molar-refractivity contribution in [1.82, 2.24) is 5.32 Å². The molecule has 0 atom stereocenters. The van der Waals surface area contributed by atoms with Gasteiger partial charge in [0.1, 0.15) is 6.54 Å². The Morgan fingerprint density at radius 1 is 1.11 bits per heavy atom. The SMILES string of the molecule is COC(=O)c1ccc(Cl)c(N(CC(=O)NCCc2ccccc2)C(C)=O)c1. The summed E-state index contributed by atoms with van der Waals surface area (Å²) >= 11 is 6.17. The third-order valence-corrected chi connectivity index (χ3v) is 4.24. The topological polar surface area (TPSA) is 75.7 Å². The Kier molecular flexibility index (Phi) is 7.37. The van der Waals surface area contributed by atoms with Gasteiger partial charge in [-0.2, -0.15) is 0 Å². The molecular weight excluding hydrogens is 368 g/mol. The lowest BCUT2D eigenvalue weighted by Crippen LogP contribution is -2.40. The molecule has 2 rings (SSSR count). The number of anilines is 1. The van der Waals surface area contributed by atoms with E-state index in [-0.39, 0.29) is 34.6 Å². The summed E-state index contributed by atoms with van der Waals surface area (Å²) in [5, 5.41) is 3.05. The summed E-state index contributed by atoms with van der Waals surface area (Å²) in [4.78, 5) is 37.3. The molecule has 0 bridgehead atoms. The minimum absolute atomic E-state index is 0.200. The number of hydrogen-bond acceptors (Lipinski definition) is 4. The van der Waals surface area contributed by atoms with Gasteiger partial charge in [-0.15, -0.1) is 0 Å². The second-order valence-corrected chi connectivity index (χ2v) is 6.26. The fourth-order valence-electron chi connectivity index (χ4n) is 2.52. The predicted molar refractivity (Wildman–Crippen MR) is 104 cm³/mol. The number of amides is 2. The second-order valence-electron chi connectivity index (χ2n) is 5.85. The van der Waals surface area contributed by atoms with Gasteiger partial charge in [-0.1, -0.05) is 41.9 Å². The molecule has 0 spiro atoms. The molecule has 0 fully saturated rings. The van der Waals surface area contributed by atoms with Gasteiger partial charge >= 0.3 is 5.97 Å². The van der Waals surface area contributed by atoms with Crippen LogP contribution in [0, 0.1) is 0 Å². The quantitative estimate of drug-likeness (QED) is 0.740. The van der Waals surface area contributed by atoms with E-state index in [9.17, 15) is 14.4 Å². The summed E-state index contributed by atoms with van der Waals surface area (Å²) < 4.78 is 4.68. The third-order valence-electron chi connectivity index (χ3n) is 3.92. The van der Waals surface area contributed by atoms with Gasteiger partial charge in [-0.25, -0.2) is 4.79 Å². The molecule has 0 saturated carbocycles. The lowest BCUT2D eigenvalue weighted by molar-refractivity contribution is -0.123. The molecule has 0 saturated heterocycles. The first-order chi connectivity index (χ1) is 12.9. The van der Waals surface area contributed by atoms with Crippen LogP contribution in [0.3, 0.4) is 0 Å². The standard InChI is InChI=1S/C20H21ClN2O4/c1-14(24)23(18-12-16(20(26)27-2)8-9-17(18)21)13-19(25)22-11-10-15-6-4-3-5-7-15/h3-9,12H,10-11,13H2,1-2H3,(H,22,25). The Morgan fingerprint density at radius 3 is 2.44 bits per heavy atom. The molecule has 0 aliphatic carbocycles. The molecule has 0 aromatic heterocycles. The Balaban J connectivity index is 2.05. The first-order valence-electron chi connectivity index (χ1n) is 8.39. The van der Waals surface area contributed by atoms with Crippen molar-refractivity contribution in [3.8, 4) is 0 Å². The fourth-order valence-corrected chi connectivity index (χ4v) is 2.74. The predicted octanol–water partition coefficient (Wildman–Crippen LogP) is 2.84. The van der Waals surface area contributed by atoms with Crippen LogP contribution in [0.2, 0.25) is 5.02 Å². The molecule has 0 heterocycles. The average molecular weight is 389 g/mol. The van der Waals surface area contributed by atoms with E-state index in [4.69, 9.17) is 11.6 Å². The summed E-state index contributed by atoms with van der Waals surface area (Å²) in [6.07, 6.45) is 0.686. The zero-order chi connectivity index (χ0) is 19.8. The van der Waals surface area contributed by atoms with Gasteiger partial charge in [0.25, 0.3) is 0 Å². The minimum atomic E-state index is -0.552. The molecule has 1 N–H and O–H groups in total. The lowest BCUT2D eigenvalue weighted by Gasteiger charge is -2.22. The first-order valence-corrected chi connectivity index (χ1v) is 8.76. The van der Waals surface area contributed by atoms with Crippen molar-refractivity contribution in [3.05, 3.63) is 64.7 Å². The number of nitrogens with one attached hydrogen (secondary N) is 1. The number of carbonyl (C=O) groups is 3. The number of methoxy groups -OCH3 is 1. The van der Waals surface area contributed by atoms with Crippen molar-refractivity contribution in [2.45, 2.75) is 13.3 Å². The molecule has 6 nitrogen and oxygen atoms in total. The third kappa shape index (κ3) is 5.82. The van der Waals surface area contributed by atoms with E-state index in [1.807, 2.05) is 30.3 Å². The molecule has 0 radical (unpaired) electrons. The number of halogens is 1. The average Bonchev–Trinajstić information content (AvgIpc) is 2.66. The maximum Gasteiger partial charge on any atom is 0.337 e. The largest absolute Gasteiger partial charge is 0.465 e. The summed E-state index contributed by atoms with van der Waals surface area (Å²) in [5.74, 6) is -1.23. The summed E-state index contributed by atoms with van der Waals surface area (Å²) in [6.45, 7) is 1.58. The Bertz CT molecular complexity index is 824. The van der Waals surface area contributed by atoms with Crippen LogP contribution in [0.25, 0.3) is 0 Å². The fraction of sp³-hybridized carbons (Fsp3) is 0.250. The van der Waals surface area contributed by atoms with Crippen LogP contribution in [0.1, 0.15) is 22.8 Å². The zero-order valence-electron chi connectivity index (χ0n) is 15.2. The van der Waals surface area contributed by atoms with E-state index in [0.29, 0.717) is 13.0 Å². The molecular formula is C20H21ClN2O4. The highest BCUT2D eigenvalue weighted by molar-refractivity contribution is 6.34. The van der Waals surface area contributed by atoms with Crippen molar-refractivity contribution in [2.24, 2.45) is 0 Å². The molecule has 7 heteroatoms. The first kappa shape index (κ1) is 20.5. The van der Waals surface area contributed by atoms with Crippen molar-refractivity contribution < 1.29 is 19.1 Å². The maximum atomic E-state index is 12.3. The summed E-state index contributed by atoms with van der Waals surface area (Å²) in [7, 11) is 1.26. The molecule has 27 heavy (non-hydrogen) atoms. The molecule has 0 aliphatic heterocycles. The van der Waals surface area contributed by atoms with E-state index >= 15 is 0 Å². The van der Waals surface area contributed by atoms with E-state index in [1.54, 1.807) is 0 Å². The summed E-state index contributed by atoms with van der Waals surface area (Å²) in [5.41, 5.74) is 1.63. The van der Waals surface area contributed by atoms with Crippen LogP contribution in [0.4, 0.5) is 5.69 Å². The van der Waals surface area contributed by atoms with Crippen molar-refractivity contribution in [3.63, 3.8) is 0 Å². The number of ether oxygens (including phenoxy) is 1. The molecule has 0 unspecified atom stereocenters. The number of benzene rings is 2. The molecule has 142 valence electrons. The maximum absolute atomic E-state index is 12.3. The van der Waals surface area contributed by atoms with E-state index < -0.39 is 5.97 Å². The zero-order valence-corrected chi connectivity index (χ0v) is 16.0. The van der Waals surface area contributed by atoms with E-state index in [2.05, 4.69) is 10.1 Å². The normalized spacial score (nSPS) is 10.2. The smallest absolute Gasteiger partial charge is 0.337 e. The number of carbonyl (C=O) groups excluding carboxylic acids is 3. The van der Waals surface area contributed by atoms with Crippen LogP contribution in [0.15, 0.2) is 48.5 Å². The van der Waals surface area contributed by atoms with Crippen LogP contribution in [-0.2, 0) is 20.7 Å². The number of esters is 1. The summed E-state index contributed by atoms with van der Waals surface area (Å²) in [6, 6.07) is 14.2. The monoisotopic (exact) mass is 388 g/mol. The van der Waals surface area contributed by atoms with E-state index in [0.717, 1.165) is 5.56 Å². The number of hydrogen-bond donors (Lipinski definition) is 1. The van der Waals surface area contributed by atoms with Crippen LogP contribution in [-0.4, -0.2) is 38.0 Å². The van der Waals surface area contributed by atoms with Gasteiger partial charge in [-0.05, 0) is 30.2 Å². The van der Waals surface area contributed by atoms with Crippen LogP contribution in [0.5, 0.6) is 0 Å². The molecule has 2 amide bonds. The van der Waals surface area contributed by atoms with Gasteiger partial charge in [0.15, 0.2) is 0 Å². The highest BCUT2D eigenvalue weighted by Gasteiger charge is 2.20. The number of rotatable bonds is 7. The Labute approximate surface area is 163 Å². The van der Waals surface area contributed by atoms with Gasteiger partial charge in [0.05, 0.1) is 23.4 Å². The highest BCUT2D eigenvalue weighted by atomic mass is 35.5. The van der Waals surface area contributed by atoms with Crippen molar-refractivity contribution >= 4 is 35.1 Å². The van der Waals surface area contributed by atoms with Crippen LogP contribution < -0.4 is 10.2 Å². The molecule has 2 aromatic carbocycles. The second kappa shape index (κ2) is 9.73. The van der Waals surface area contributed by atoms with Crippen LogP contribution >= 0.6 is 11.6 Å². The molecule has 0 aliphatic rings. The van der Waals surface area contributed by atoms with Gasteiger partial charge < -0.3 is 15.0 Å². The van der Waals surface area contributed by atoms with Crippen molar-refractivity contribution in [2.75, 3.05) is 25.1 Å². The molecule has 2 aromatic rings. The van der Waals surface area contributed by atoms with Gasteiger partial charge in [0.2, 0.25) is 11.8 Å². The Morgan fingerprint density at radius 2 is 1.81 bits per heavy atom. The number of nitrogens with zero attached hydrogens (tertiary/aromatic N) is 1. The van der Waals surface area contributed by atoms with Gasteiger partial charge in [-0.3, -0.25) is 9.59 Å². The minimum Gasteiger partial charge on any atom is -0.465 e. The highest BCUT2D eigenvalue weighted by Crippen LogP contribution is 2.27. The lowest BCUT2D eigenvalue weighted by atomic mass is 10.1. The van der Waals surface area contributed by atoms with Crippen molar-refractivity contribution in [1.29, 1.82) is 0 Å². The Hall–Kier alpha value is -2.86. The van der Waals surface area contributed by atoms with Gasteiger partial charge in [0, 0.05) is 13.5 Å². The van der Waals surface area contributed by atoms with E-state index in [1.165, 1.54) is 37.1 Å².